The number of carbonyl (C=O) groups excluding carboxylic acids is 1. The Labute approximate surface area is 107 Å². The Morgan fingerprint density at radius 2 is 2.12 bits per heavy atom. The molecule has 0 aliphatic heterocycles. The molecule has 0 aromatic heterocycles. The summed E-state index contributed by atoms with van der Waals surface area (Å²) in [6.07, 6.45) is 1.69. The van der Waals surface area contributed by atoms with E-state index in [4.69, 9.17) is 11.8 Å². The number of nitrogens with one attached hydrogen (secondary N) is 1. The number of hydrogen-bond donors (Lipinski definition) is 1. The molecule has 0 bridgehead atoms. The highest BCUT2D eigenvalue weighted by Gasteiger charge is 2.21. The van der Waals surface area contributed by atoms with E-state index in [1.54, 1.807) is 18.2 Å². The highest BCUT2D eigenvalue weighted by atomic mass is 35.5. The van der Waals surface area contributed by atoms with Crippen LogP contribution >= 0.6 is 11.8 Å². The molecule has 0 spiro atoms. The molecule has 0 saturated carbocycles. The number of hydrogen-bond acceptors (Lipinski definition) is 2. The number of amides is 1. The maximum atomic E-state index is 11.9. The van der Waals surface area contributed by atoms with E-state index in [0.717, 1.165) is 5.56 Å². The average molecular weight is 253 g/mol. The fraction of sp³-hybridized carbons (Fsp3) is 0.308. The molecule has 4 heteroatoms. The average Bonchev–Trinajstić information content (AvgIpc) is 2.27. The van der Waals surface area contributed by atoms with Crippen LogP contribution in [0.2, 0.25) is 0 Å². The molecule has 0 aliphatic carbocycles. The van der Waals surface area contributed by atoms with Crippen molar-refractivity contribution in [1.82, 2.24) is 9.95 Å². The summed E-state index contributed by atoms with van der Waals surface area (Å²) in [6.45, 7) is 9.37. The van der Waals surface area contributed by atoms with Crippen molar-refractivity contribution in [2.75, 3.05) is 0 Å². The van der Waals surface area contributed by atoms with E-state index in [2.05, 4.69) is 12.0 Å². The van der Waals surface area contributed by atoms with Crippen molar-refractivity contribution in [2.24, 2.45) is 0 Å². The molecule has 0 fully saturated rings. The van der Waals surface area contributed by atoms with Gasteiger partial charge in [-0.2, -0.15) is 0 Å². The third-order valence-electron chi connectivity index (χ3n) is 2.17. The molecule has 1 aromatic carbocycles. The molecule has 0 heterocycles. The van der Waals surface area contributed by atoms with Gasteiger partial charge in [-0.05, 0) is 38.5 Å². The summed E-state index contributed by atoms with van der Waals surface area (Å²) in [7, 11) is 0. The quantitative estimate of drug-likeness (QED) is 0.662. The van der Waals surface area contributed by atoms with Crippen molar-refractivity contribution in [2.45, 2.75) is 26.3 Å². The first-order valence-corrected chi connectivity index (χ1v) is 5.68. The molecule has 3 nitrogen and oxygen atoms in total. The largest absolute Gasteiger partial charge is 0.270 e. The molecule has 0 aliphatic rings. The number of carbonyl (C=O) groups is 1. The van der Waals surface area contributed by atoms with Gasteiger partial charge in [0.2, 0.25) is 0 Å². The maximum absolute atomic E-state index is 11.9. The van der Waals surface area contributed by atoms with Crippen molar-refractivity contribution in [3.05, 3.63) is 42.0 Å². The topological polar surface area (TPSA) is 32.3 Å². The van der Waals surface area contributed by atoms with Crippen LogP contribution in [0.25, 0.3) is 6.08 Å². The van der Waals surface area contributed by atoms with Gasteiger partial charge in [0.25, 0.3) is 5.91 Å². The first kappa shape index (κ1) is 13.7. The number of rotatable bonds is 3. The van der Waals surface area contributed by atoms with E-state index in [9.17, 15) is 4.79 Å². The molecule has 1 aromatic rings. The molecule has 1 N–H and O–H groups in total. The molecule has 0 radical (unpaired) electrons. The Bertz CT molecular complexity index is 424. The molecule has 0 unspecified atom stereocenters. The second kappa shape index (κ2) is 5.34. The van der Waals surface area contributed by atoms with Crippen molar-refractivity contribution in [1.29, 1.82) is 0 Å². The first-order chi connectivity index (χ1) is 7.84. The normalized spacial score (nSPS) is 11.4. The van der Waals surface area contributed by atoms with Gasteiger partial charge in [-0.15, -0.1) is 4.53 Å². The van der Waals surface area contributed by atoms with Crippen LogP contribution in [0.15, 0.2) is 30.8 Å². The highest BCUT2D eigenvalue weighted by molar-refractivity contribution is 6.14. The third-order valence-corrected chi connectivity index (χ3v) is 2.76. The summed E-state index contributed by atoms with van der Waals surface area (Å²) in [5.74, 6) is -0.237. The van der Waals surface area contributed by atoms with Crippen LogP contribution in [0.4, 0.5) is 0 Å². The van der Waals surface area contributed by atoms with E-state index in [1.165, 1.54) is 4.53 Å². The fourth-order valence-electron chi connectivity index (χ4n) is 1.13. The van der Waals surface area contributed by atoms with Crippen LogP contribution < -0.4 is 5.43 Å². The van der Waals surface area contributed by atoms with Gasteiger partial charge in [-0.25, -0.2) is 0 Å². The summed E-state index contributed by atoms with van der Waals surface area (Å²) < 4.78 is 1.27. The van der Waals surface area contributed by atoms with Crippen LogP contribution in [-0.4, -0.2) is 16.0 Å². The molecule has 92 valence electrons. The zero-order chi connectivity index (χ0) is 13.1. The molecule has 1 rings (SSSR count). The Morgan fingerprint density at radius 3 is 2.65 bits per heavy atom. The van der Waals surface area contributed by atoms with Crippen LogP contribution in [0, 0.1) is 0 Å². The Morgan fingerprint density at radius 1 is 1.47 bits per heavy atom. The van der Waals surface area contributed by atoms with Gasteiger partial charge in [0.05, 0.1) is 0 Å². The molecule has 17 heavy (non-hydrogen) atoms. The minimum absolute atomic E-state index is 0.237. The van der Waals surface area contributed by atoms with Crippen molar-refractivity contribution in [3.8, 4) is 0 Å². The Balaban J connectivity index is 2.80. The van der Waals surface area contributed by atoms with Crippen molar-refractivity contribution >= 4 is 23.8 Å². The van der Waals surface area contributed by atoms with Gasteiger partial charge in [0, 0.05) is 22.9 Å². The van der Waals surface area contributed by atoms with Gasteiger partial charge in [-0.3, -0.25) is 10.2 Å². The predicted molar refractivity (Wildman–Crippen MR) is 71.4 cm³/mol. The van der Waals surface area contributed by atoms with Crippen molar-refractivity contribution < 1.29 is 4.79 Å². The van der Waals surface area contributed by atoms with Gasteiger partial charge in [-0.1, -0.05) is 24.8 Å². The van der Waals surface area contributed by atoms with Crippen LogP contribution in [0.3, 0.4) is 0 Å². The standard InChI is InChI=1S/C13H17ClN2O/c1-5-10-7-6-8-11(9-10)12(17)15-16(14)13(2,3)4/h5-9H,1H2,2-4H3,(H,15,17). The van der Waals surface area contributed by atoms with Gasteiger partial charge in [0.1, 0.15) is 0 Å². The zero-order valence-electron chi connectivity index (χ0n) is 10.3. The summed E-state index contributed by atoms with van der Waals surface area (Å²) >= 11 is 5.96. The lowest BCUT2D eigenvalue weighted by Gasteiger charge is -2.28. The van der Waals surface area contributed by atoms with E-state index < -0.39 is 0 Å². The lowest BCUT2D eigenvalue weighted by Crippen LogP contribution is -2.46. The lowest BCUT2D eigenvalue weighted by molar-refractivity contribution is 0.0806. The smallest absolute Gasteiger partial charge is 0.266 e. The van der Waals surface area contributed by atoms with Gasteiger partial charge < -0.3 is 0 Å². The fourth-order valence-corrected chi connectivity index (χ4v) is 1.21. The Hall–Kier alpha value is -1.32. The minimum Gasteiger partial charge on any atom is -0.270 e. The number of benzene rings is 1. The summed E-state index contributed by atoms with van der Waals surface area (Å²) in [6, 6.07) is 7.18. The monoisotopic (exact) mass is 252 g/mol. The third kappa shape index (κ3) is 3.88. The van der Waals surface area contributed by atoms with E-state index in [0.29, 0.717) is 5.56 Å². The number of hydrazine groups is 1. The second-order valence-corrected chi connectivity index (χ2v) is 5.06. The lowest BCUT2D eigenvalue weighted by atomic mass is 10.1. The molecular formula is C13H17ClN2O. The van der Waals surface area contributed by atoms with Crippen molar-refractivity contribution in [3.63, 3.8) is 0 Å². The summed E-state index contributed by atoms with van der Waals surface area (Å²) in [4.78, 5) is 11.9. The van der Waals surface area contributed by atoms with Gasteiger partial charge >= 0.3 is 0 Å². The van der Waals surface area contributed by atoms with E-state index >= 15 is 0 Å². The maximum Gasteiger partial charge on any atom is 0.266 e. The summed E-state index contributed by atoms with van der Waals surface area (Å²) in [5.41, 5.74) is 3.72. The van der Waals surface area contributed by atoms with Crippen LogP contribution in [0.5, 0.6) is 0 Å². The Kier molecular flexibility index (Phi) is 4.32. The zero-order valence-corrected chi connectivity index (χ0v) is 11.1. The summed E-state index contributed by atoms with van der Waals surface area (Å²) in [5, 5.41) is 0. The van der Waals surface area contributed by atoms with Crippen LogP contribution in [0.1, 0.15) is 36.7 Å². The molecule has 0 atom stereocenters. The second-order valence-electron chi connectivity index (χ2n) is 4.72. The molecular weight excluding hydrogens is 236 g/mol. The van der Waals surface area contributed by atoms with E-state index in [1.807, 2.05) is 32.9 Å². The highest BCUT2D eigenvalue weighted by Crippen LogP contribution is 2.14. The molecule has 0 saturated heterocycles. The molecule has 1 amide bonds. The van der Waals surface area contributed by atoms with E-state index in [-0.39, 0.29) is 11.4 Å². The number of nitrogens with zero attached hydrogens (tertiary/aromatic N) is 1. The number of halogens is 1. The predicted octanol–water partition coefficient (Wildman–Crippen LogP) is 3.23. The van der Waals surface area contributed by atoms with Crippen LogP contribution in [-0.2, 0) is 0 Å². The first-order valence-electron chi connectivity index (χ1n) is 5.34. The minimum atomic E-state index is -0.340. The SMILES string of the molecule is C=Cc1cccc(C(=O)NN(Cl)C(C)(C)C)c1. The van der Waals surface area contributed by atoms with Gasteiger partial charge in [0.15, 0.2) is 0 Å².